The number of carboxylic acid groups (broad SMARTS) is 1. The highest BCUT2D eigenvalue weighted by molar-refractivity contribution is 5.88. The summed E-state index contributed by atoms with van der Waals surface area (Å²) in [5.74, 6) is -4.16. The molecular formula is C9H9F2NO3. The molecule has 1 aromatic rings. The summed E-state index contributed by atoms with van der Waals surface area (Å²) in [5, 5.41) is 17.7. The first-order chi connectivity index (χ1) is 6.97. The van der Waals surface area contributed by atoms with Gasteiger partial charge in [-0.05, 0) is 17.7 Å². The summed E-state index contributed by atoms with van der Waals surface area (Å²) in [5.41, 5.74) is 3.97. The summed E-state index contributed by atoms with van der Waals surface area (Å²) < 4.78 is 26.2. The zero-order chi connectivity index (χ0) is 11.6. The molecule has 15 heavy (non-hydrogen) atoms. The van der Waals surface area contributed by atoms with E-state index in [9.17, 15) is 18.7 Å². The van der Waals surface area contributed by atoms with Gasteiger partial charge >= 0.3 is 5.97 Å². The Hall–Kier alpha value is -1.53. The lowest BCUT2D eigenvalue weighted by Crippen LogP contribution is -2.13. The average molecular weight is 217 g/mol. The second-order valence-electron chi connectivity index (χ2n) is 2.92. The van der Waals surface area contributed by atoms with Gasteiger partial charge in [0.2, 0.25) is 0 Å². The monoisotopic (exact) mass is 217 g/mol. The van der Waals surface area contributed by atoms with Crippen LogP contribution in [0.15, 0.2) is 12.1 Å². The van der Waals surface area contributed by atoms with E-state index >= 15 is 0 Å². The van der Waals surface area contributed by atoms with E-state index in [2.05, 4.69) is 0 Å². The molecule has 0 heterocycles. The number of rotatable bonds is 3. The van der Waals surface area contributed by atoms with Gasteiger partial charge in [0.1, 0.15) is 17.2 Å². The van der Waals surface area contributed by atoms with Crippen LogP contribution in [0.2, 0.25) is 0 Å². The Morgan fingerprint density at radius 1 is 1.40 bits per heavy atom. The lowest BCUT2D eigenvalue weighted by molar-refractivity contribution is 0.0686. The van der Waals surface area contributed by atoms with Crippen molar-refractivity contribution in [1.82, 2.24) is 0 Å². The number of carbonyl (C=O) groups is 1. The first-order valence-electron chi connectivity index (χ1n) is 4.07. The van der Waals surface area contributed by atoms with Gasteiger partial charge in [-0.1, -0.05) is 0 Å². The highest BCUT2D eigenvalue weighted by Gasteiger charge is 2.19. The van der Waals surface area contributed by atoms with E-state index in [0.29, 0.717) is 0 Å². The molecule has 1 unspecified atom stereocenters. The summed E-state index contributed by atoms with van der Waals surface area (Å²) >= 11 is 0. The quantitative estimate of drug-likeness (QED) is 0.694. The molecule has 4 nitrogen and oxygen atoms in total. The van der Waals surface area contributed by atoms with Crippen molar-refractivity contribution in [3.8, 4) is 0 Å². The Labute approximate surface area is 83.9 Å². The van der Waals surface area contributed by atoms with Crippen LogP contribution in [-0.4, -0.2) is 22.7 Å². The van der Waals surface area contributed by atoms with Crippen molar-refractivity contribution in [2.75, 3.05) is 6.54 Å². The number of benzene rings is 1. The molecule has 6 heteroatoms. The number of aliphatic hydroxyl groups excluding tert-OH is 1. The molecule has 1 aromatic carbocycles. The van der Waals surface area contributed by atoms with Crippen molar-refractivity contribution >= 4 is 5.97 Å². The largest absolute Gasteiger partial charge is 0.477 e. The van der Waals surface area contributed by atoms with Crippen molar-refractivity contribution in [3.63, 3.8) is 0 Å². The summed E-state index contributed by atoms with van der Waals surface area (Å²) in [4.78, 5) is 10.4. The van der Waals surface area contributed by atoms with Crippen LogP contribution >= 0.6 is 0 Å². The van der Waals surface area contributed by atoms with Crippen molar-refractivity contribution in [1.29, 1.82) is 0 Å². The van der Waals surface area contributed by atoms with Crippen LogP contribution in [0.3, 0.4) is 0 Å². The molecule has 1 atom stereocenters. The number of aromatic carboxylic acids is 1. The fourth-order valence-corrected chi connectivity index (χ4v) is 1.13. The Balaban J connectivity index is 3.25. The van der Waals surface area contributed by atoms with Crippen molar-refractivity contribution in [2.24, 2.45) is 5.73 Å². The molecular weight excluding hydrogens is 208 g/mol. The lowest BCUT2D eigenvalue weighted by Gasteiger charge is -2.09. The summed E-state index contributed by atoms with van der Waals surface area (Å²) in [7, 11) is 0. The van der Waals surface area contributed by atoms with E-state index in [4.69, 9.17) is 10.8 Å². The number of carboxylic acids is 1. The van der Waals surface area contributed by atoms with E-state index in [0.717, 1.165) is 12.1 Å². The maximum atomic E-state index is 13.1. The van der Waals surface area contributed by atoms with Gasteiger partial charge in [0.25, 0.3) is 0 Å². The number of hydrogen-bond acceptors (Lipinski definition) is 3. The predicted molar refractivity (Wildman–Crippen MR) is 47.3 cm³/mol. The van der Waals surface area contributed by atoms with Gasteiger partial charge < -0.3 is 15.9 Å². The van der Waals surface area contributed by atoms with Crippen LogP contribution in [0.1, 0.15) is 22.0 Å². The van der Waals surface area contributed by atoms with Gasteiger partial charge in [0.15, 0.2) is 0 Å². The number of nitrogens with two attached hydrogens (primary N) is 1. The van der Waals surface area contributed by atoms with Crippen LogP contribution in [0, 0.1) is 11.6 Å². The summed E-state index contributed by atoms with van der Waals surface area (Å²) in [6.45, 7) is -0.203. The third kappa shape index (κ3) is 2.28. The number of halogens is 2. The molecule has 0 radical (unpaired) electrons. The smallest absolute Gasteiger partial charge is 0.341 e. The van der Waals surface area contributed by atoms with Gasteiger partial charge in [-0.3, -0.25) is 0 Å². The van der Waals surface area contributed by atoms with Gasteiger partial charge in [0, 0.05) is 6.54 Å². The Morgan fingerprint density at radius 3 is 2.20 bits per heavy atom. The van der Waals surface area contributed by atoms with E-state index in [1.807, 2.05) is 0 Å². The van der Waals surface area contributed by atoms with Gasteiger partial charge in [-0.2, -0.15) is 0 Å². The van der Waals surface area contributed by atoms with E-state index in [1.165, 1.54) is 0 Å². The second kappa shape index (κ2) is 4.33. The highest BCUT2D eigenvalue weighted by atomic mass is 19.1. The second-order valence-corrected chi connectivity index (χ2v) is 2.92. The van der Waals surface area contributed by atoms with Gasteiger partial charge in [-0.15, -0.1) is 0 Å². The van der Waals surface area contributed by atoms with Crippen molar-refractivity contribution in [3.05, 3.63) is 34.9 Å². The minimum Gasteiger partial charge on any atom is -0.477 e. The predicted octanol–water partition coefficient (Wildman–Crippen LogP) is 0.655. The SMILES string of the molecule is NCC(O)c1cc(F)c(C(=O)O)c(F)c1. The van der Waals surface area contributed by atoms with Crippen LogP contribution in [0.25, 0.3) is 0 Å². The highest BCUT2D eigenvalue weighted by Crippen LogP contribution is 2.19. The molecule has 0 spiro atoms. The van der Waals surface area contributed by atoms with Crippen LogP contribution < -0.4 is 5.73 Å². The third-order valence-corrected chi connectivity index (χ3v) is 1.89. The van der Waals surface area contributed by atoms with Gasteiger partial charge in [-0.25, -0.2) is 13.6 Å². The lowest BCUT2D eigenvalue weighted by atomic mass is 10.1. The number of aliphatic hydroxyl groups is 1. The zero-order valence-corrected chi connectivity index (χ0v) is 7.58. The molecule has 0 aliphatic heterocycles. The zero-order valence-electron chi connectivity index (χ0n) is 7.58. The Kier molecular flexibility index (Phi) is 3.33. The molecule has 0 saturated heterocycles. The molecule has 4 N–H and O–H groups in total. The minimum absolute atomic E-state index is 0.0856. The maximum Gasteiger partial charge on any atom is 0.341 e. The standard InChI is InChI=1S/C9H9F2NO3/c10-5-1-4(7(13)3-12)2-6(11)8(5)9(14)15/h1-2,7,13H,3,12H2,(H,14,15). The molecule has 0 fully saturated rings. The Morgan fingerprint density at radius 2 is 1.87 bits per heavy atom. The van der Waals surface area contributed by atoms with Gasteiger partial charge in [0.05, 0.1) is 6.10 Å². The molecule has 82 valence electrons. The molecule has 1 rings (SSSR count). The molecule has 0 saturated carbocycles. The molecule has 0 aliphatic rings. The molecule has 0 aliphatic carbocycles. The normalized spacial score (nSPS) is 12.5. The Bertz CT molecular complexity index is 372. The topological polar surface area (TPSA) is 83.5 Å². The number of hydrogen-bond donors (Lipinski definition) is 3. The first kappa shape index (κ1) is 11.5. The van der Waals surface area contributed by atoms with Crippen LogP contribution in [0.4, 0.5) is 8.78 Å². The maximum absolute atomic E-state index is 13.1. The first-order valence-corrected chi connectivity index (χ1v) is 4.07. The van der Waals surface area contributed by atoms with Crippen LogP contribution in [-0.2, 0) is 0 Å². The summed E-state index contributed by atoms with van der Waals surface area (Å²) in [6, 6.07) is 1.51. The van der Waals surface area contributed by atoms with Crippen molar-refractivity contribution < 1.29 is 23.8 Å². The van der Waals surface area contributed by atoms with E-state index < -0.39 is 29.3 Å². The van der Waals surface area contributed by atoms with E-state index in [-0.39, 0.29) is 12.1 Å². The van der Waals surface area contributed by atoms with E-state index in [1.54, 1.807) is 0 Å². The fourth-order valence-electron chi connectivity index (χ4n) is 1.13. The third-order valence-electron chi connectivity index (χ3n) is 1.89. The molecule has 0 bridgehead atoms. The summed E-state index contributed by atoms with van der Waals surface area (Å²) in [6.07, 6.45) is -1.21. The average Bonchev–Trinajstić information content (AvgIpc) is 2.14. The fraction of sp³-hybridized carbons (Fsp3) is 0.222. The molecule has 0 aromatic heterocycles. The van der Waals surface area contributed by atoms with Crippen molar-refractivity contribution in [2.45, 2.75) is 6.10 Å². The van der Waals surface area contributed by atoms with Crippen LogP contribution in [0.5, 0.6) is 0 Å². The minimum atomic E-state index is -1.70. The molecule has 0 amide bonds.